The molecule has 5 unspecified atom stereocenters. The molecule has 4 bridgehead atoms. The highest BCUT2D eigenvalue weighted by molar-refractivity contribution is 7.26. The van der Waals surface area contributed by atoms with Crippen LogP contribution in [0.2, 0.25) is 0 Å². The zero-order valence-electron chi connectivity index (χ0n) is 31.6. The molecule has 5 atom stereocenters. The van der Waals surface area contributed by atoms with Crippen LogP contribution in [0.5, 0.6) is 0 Å². The van der Waals surface area contributed by atoms with E-state index in [9.17, 15) is 0 Å². The van der Waals surface area contributed by atoms with E-state index in [0.717, 1.165) is 23.7 Å². The predicted molar refractivity (Wildman–Crippen MR) is 231 cm³/mol. The van der Waals surface area contributed by atoms with Crippen LogP contribution in [0.15, 0.2) is 127 Å². The fourth-order valence-electron chi connectivity index (χ4n) is 14.1. The molecule has 270 valence electrons. The standard InChI is InChI=1S/C53H47NS/c1-8-25-52(26-9-1)44-14-5-2-11-39(44)41-23-21-38(32-47(41)52)54(48-16-10-18-50-51(48)42-13-4-7-17-49(42)55-50)37-22-24-46-43(31-37)40-12-3-6-15-45(40)53(46)35-20-19-33-27-34(29-35)30-36(53)28-33/h2-7,10-18,21-24,31-36H,1,8-9,19-20,25-30H2. The minimum absolute atomic E-state index is 0.105. The molecule has 0 N–H and O–H groups in total. The van der Waals surface area contributed by atoms with Gasteiger partial charge in [0.25, 0.3) is 0 Å². The molecule has 1 heterocycles. The summed E-state index contributed by atoms with van der Waals surface area (Å²) in [6, 6.07) is 50.4. The lowest BCUT2D eigenvalue weighted by molar-refractivity contribution is 0.0618. The SMILES string of the molecule is c1ccc2c(c1)-c1ccc(N(c3ccc4c(c3)-c3ccccc3C43C4CCC5CC(C4)CC3C5)c3cccc4sc5ccccc5c34)cc1C21CCCCC1. The summed E-state index contributed by atoms with van der Waals surface area (Å²) in [5, 5.41) is 2.73. The number of hydrogen-bond donors (Lipinski definition) is 0. The van der Waals surface area contributed by atoms with Crippen LogP contribution in [0.1, 0.15) is 92.9 Å². The van der Waals surface area contributed by atoms with Crippen molar-refractivity contribution in [1.82, 2.24) is 0 Å². The topological polar surface area (TPSA) is 3.24 Å². The first-order valence-corrected chi connectivity index (χ1v) is 22.2. The highest BCUT2D eigenvalue weighted by Crippen LogP contribution is 2.68. The molecule has 14 rings (SSSR count). The second-order valence-electron chi connectivity index (χ2n) is 18.3. The summed E-state index contributed by atoms with van der Waals surface area (Å²) in [5.41, 5.74) is 16.4. The van der Waals surface area contributed by atoms with Crippen LogP contribution >= 0.6 is 11.3 Å². The Kier molecular flexibility index (Phi) is 6.57. The molecular formula is C53H47NS. The minimum Gasteiger partial charge on any atom is -0.310 e. The molecule has 1 aromatic heterocycles. The molecule has 7 aliphatic carbocycles. The first kappa shape index (κ1) is 31.5. The second-order valence-corrected chi connectivity index (χ2v) is 19.4. The Morgan fingerprint density at radius 3 is 2.09 bits per heavy atom. The van der Waals surface area contributed by atoms with Crippen molar-refractivity contribution < 1.29 is 0 Å². The van der Waals surface area contributed by atoms with E-state index in [-0.39, 0.29) is 10.8 Å². The average molecular weight is 730 g/mol. The van der Waals surface area contributed by atoms with Gasteiger partial charge in [-0.05, 0) is 156 Å². The Balaban J connectivity index is 1.06. The summed E-state index contributed by atoms with van der Waals surface area (Å²) in [7, 11) is 0. The smallest absolute Gasteiger partial charge is 0.0554 e. The zero-order valence-corrected chi connectivity index (χ0v) is 32.4. The van der Waals surface area contributed by atoms with E-state index in [0.29, 0.717) is 0 Å². The first-order chi connectivity index (χ1) is 27.2. The van der Waals surface area contributed by atoms with Crippen molar-refractivity contribution in [2.75, 3.05) is 4.90 Å². The minimum atomic E-state index is 0.105. The van der Waals surface area contributed by atoms with E-state index in [1.807, 2.05) is 11.3 Å². The van der Waals surface area contributed by atoms with Gasteiger partial charge in [0.15, 0.2) is 0 Å². The molecule has 5 fully saturated rings. The number of hydrogen-bond acceptors (Lipinski definition) is 2. The maximum Gasteiger partial charge on any atom is 0.0554 e. The van der Waals surface area contributed by atoms with Crippen LogP contribution < -0.4 is 4.90 Å². The summed E-state index contributed by atoms with van der Waals surface area (Å²) in [6.45, 7) is 0. The Bertz CT molecular complexity index is 2700. The molecule has 6 aromatic carbocycles. The van der Waals surface area contributed by atoms with Crippen LogP contribution in [0.3, 0.4) is 0 Å². The van der Waals surface area contributed by atoms with Gasteiger partial charge in [-0.3, -0.25) is 0 Å². The third-order valence-corrected chi connectivity index (χ3v) is 17.1. The van der Waals surface area contributed by atoms with Crippen LogP contribution in [-0.4, -0.2) is 0 Å². The van der Waals surface area contributed by atoms with Gasteiger partial charge in [0, 0.05) is 42.4 Å². The van der Waals surface area contributed by atoms with Crippen molar-refractivity contribution in [3.63, 3.8) is 0 Å². The molecule has 55 heavy (non-hydrogen) atoms. The van der Waals surface area contributed by atoms with E-state index in [4.69, 9.17) is 0 Å². The van der Waals surface area contributed by atoms with E-state index in [1.165, 1.54) is 130 Å². The zero-order chi connectivity index (χ0) is 35.9. The number of nitrogens with zero attached hydrogens (tertiary/aromatic N) is 1. The number of thiophene rings is 1. The normalized spacial score (nSPS) is 26.3. The van der Waals surface area contributed by atoms with Gasteiger partial charge >= 0.3 is 0 Å². The van der Waals surface area contributed by atoms with Gasteiger partial charge in [0.2, 0.25) is 0 Å². The number of benzene rings is 6. The van der Waals surface area contributed by atoms with Gasteiger partial charge in [-0.1, -0.05) is 111 Å². The lowest BCUT2D eigenvalue weighted by atomic mass is 9.51. The second kappa shape index (κ2) is 11.5. The van der Waals surface area contributed by atoms with Crippen molar-refractivity contribution in [1.29, 1.82) is 0 Å². The fourth-order valence-corrected chi connectivity index (χ4v) is 15.2. The van der Waals surface area contributed by atoms with Gasteiger partial charge in [-0.15, -0.1) is 11.3 Å². The maximum atomic E-state index is 2.65. The van der Waals surface area contributed by atoms with E-state index in [2.05, 4.69) is 132 Å². The Morgan fingerprint density at radius 1 is 0.491 bits per heavy atom. The molecule has 2 heteroatoms. The largest absolute Gasteiger partial charge is 0.310 e. The van der Waals surface area contributed by atoms with Gasteiger partial charge in [-0.25, -0.2) is 0 Å². The monoisotopic (exact) mass is 729 g/mol. The molecule has 2 spiro atoms. The van der Waals surface area contributed by atoms with Crippen LogP contribution in [0.25, 0.3) is 42.4 Å². The lowest BCUT2D eigenvalue weighted by Gasteiger charge is -2.53. The molecule has 5 saturated carbocycles. The highest BCUT2D eigenvalue weighted by atomic mass is 32.1. The molecule has 0 aliphatic heterocycles. The van der Waals surface area contributed by atoms with E-state index >= 15 is 0 Å². The van der Waals surface area contributed by atoms with Gasteiger partial charge in [0.1, 0.15) is 0 Å². The quantitative estimate of drug-likeness (QED) is 0.175. The Labute approximate surface area is 329 Å². The van der Waals surface area contributed by atoms with Crippen molar-refractivity contribution in [2.24, 2.45) is 23.7 Å². The highest BCUT2D eigenvalue weighted by Gasteiger charge is 2.59. The molecule has 7 aliphatic rings. The third kappa shape index (κ3) is 4.14. The van der Waals surface area contributed by atoms with Crippen molar-refractivity contribution in [3.8, 4) is 22.3 Å². The van der Waals surface area contributed by atoms with Gasteiger partial charge in [-0.2, -0.15) is 0 Å². The summed E-state index contributed by atoms with van der Waals surface area (Å²) in [6.07, 6.45) is 15.0. The predicted octanol–water partition coefficient (Wildman–Crippen LogP) is 14.9. The number of fused-ring (bicyclic) bond motifs is 12. The first-order valence-electron chi connectivity index (χ1n) is 21.4. The average Bonchev–Trinajstić information content (AvgIpc) is 3.78. The Hall–Kier alpha value is -4.66. The molecule has 7 aromatic rings. The summed E-state index contributed by atoms with van der Waals surface area (Å²) in [5.74, 6) is 3.38. The number of anilines is 3. The van der Waals surface area contributed by atoms with E-state index < -0.39 is 0 Å². The van der Waals surface area contributed by atoms with Gasteiger partial charge in [0.05, 0.1) is 5.69 Å². The molecule has 0 saturated heterocycles. The molecule has 0 radical (unpaired) electrons. The van der Waals surface area contributed by atoms with Crippen LogP contribution in [-0.2, 0) is 10.8 Å². The summed E-state index contributed by atoms with van der Waals surface area (Å²) >= 11 is 1.93. The Morgan fingerprint density at radius 2 is 1.18 bits per heavy atom. The van der Waals surface area contributed by atoms with Crippen molar-refractivity contribution >= 4 is 48.6 Å². The molecule has 0 amide bonds. The lowest BCUT2D eigenvalue weighted by Crippen LogP contribution is -2.48. The van der Waals surface area contributed by atoms with Crippen molar-refractivity contribution in [2.45, 2.75) is 81.5 Å². The van der Waals surface area contributed by atoms with Crippen LogP contribution in [0, 0.1) is 23.7 Å². The molecule has 1 nitrogen and oxygen atoms in total. The maximum absolute atomic E-state index is 2.65. The van der Waals surface area contributed by atoms with Crippen molar-refractivity contribution in [3.05, 3.63) is 150 Å². The summed E-state index contributed by atoms with van der Waals surface area (Å²) in [4.78, 5) is 2.65. The fraction of sp³-hybridized carbons (Fsp3) is 0.321. The van der Waals surface area contributed by atoms with E-state index in [1.54, 1.807) is 22.3 Å². The third-order valence-electron chi connectivity index (χ3n) is 15.9. The van der Waals surface area contributed by atoms with Gasteiger partial charge < -0.3 is 4.90 Å². The number of rotatable bonds is 3. The molecular weight excluding hydrogens is 683 g/mol. The summed E-state index contributed by atoms with van der Waals surface area (Å²) < 4.78 is 2.72. The van der Waals surface area contributed by atoms with Crippen LogP contribution in [0.4, 0.5) is 17.1 Å².